The van der Waals surface area contributed by atoms with Crippen LogP contribution >= 0.6 is 11.6 Å². The second-order valence-corrected chi connectivity index (χ2v) is 6.43. The van der Waals surface area contributed by atoms with Gasteiger partial charge in [0.1, 0.15) is 10.0 Å². The molecule has 0 aliphatic heterocycles. The summed E-state index contributed by atoms with van der Waals surface area (Å²) in [5, 5.41) is 9.00. The summed E-state index contributed by atoms with van der Waals surface area (Å²) in [7, 11) is -3.68. The summed E-state index contributed by atoms with van der Waals surface area (Å²) >= 11 is 5.84. The Labute approximate surface area is 111 Å². The molecule has 0 aromatic carbocycles. The Bertz CT molecular complexity index is 517. The number of hydrogen-bond donors (Lipinski definition) is 1. The molecule has 0 atom stereocenters. The monoisotopic (exact) mass is 290 g/mol. The quantitative estimate of drug-likeness (QED) is 0.829. The molecule has 0 bridgehead atoms. The van der Waals surface area contributed by atoms with Crippen molar-refractivity contribution in [3.63, 3.8) is 0 Å². The minimum Gasteiger partial charge on any atom is -0.395 e. The molecule has 1 saturated carbocycles. The van der Waals surface area contributed by atoms with Gasteiger partial charge in [-0.15, -0.1) is 0 Å². The molecule has 100 valence electrons. The molecule has 0 amide bonds. The fraction of sp³-hybridized carbons (Fsp3) is 0.545. The third-order valence-electron chi connectivity index (χ3n) is 3.11. The molecular formula is C11H15ClN2O3S. The number of aliphatic hydroxyl groups excluding tert-OH is 1. The topological polar surface area (TPSA) is 70.5 Å². The number of nitrogens with zero attached hydrogens (tertiary/aromatic N) is 2. The summed E-state index contributed by atoms with van der Waals surface area (Å²) in [4.78, 5) is 3.79. The Morgan fingerprint density at radius 2 is 2.22 bits per heavy atom. The Morgan fingerprint density at radius 3 is 2.72 bits per heavy atom. The number of aromatic nitrogens is 1. The molecule has 1 fully saturated rings. The minimum absolute atomic E-state index is 0.00650. The van der Waals surface area contributed by atoms with Gasteiger partial charge in [-0.2, -0.15) is 4.31 Å². The van der Waals surface area contributed by atoms with E-state index in [1.165, 1.54) is 22.6 Å². The first-order valence-corrected chi connectivity index (χ1v) is 7.62. The number of aliphatic hydroxyl groups is 1. The van der Waals surface area contributed by atoms with E-state index in [9.17, 15) is 8.42 Å². The maximum atomic E-state index is 12.5. The second kappa shape index (κ2) is 5.52. The van der Waals surface area contributed by atoms with Gasteiger partial charge in [0.2, 0.25) is 10.0 Å². The van der Waals surface area contributed by atoms with Gasteiger partial charge in [-0.25, -0.2) is 13.4 Å². The molecule has 1 aromatic rings. The highest BCUT2D eigenvalue weighted by Crippen LogP contribution is 2.31. The maximum absolute atomic E-state index is 12.5. The fourth-order valence-corrected chi connectivity index (χ4v) is 4.07. The van der Waals surface area contributed by atoms with Crippen LogP contribution in [0.2, 0.25) is 5.15 Å². The molecule has 1 heterocycles. The Kier molecular flexibility index (Phi) is 4.21. The van der Waals surface area contributed by atoms with Crippen molar-refractivity contribution in [1.29, 1.82) is 0 Å². The molecule has 1 aliphatic rings. The predicted molar refractivity (Wildman–Crippen MR) is 67.9 cm³/mol. The summed E-state index contributed by atoms with van der Waals surface area (Å²) in [5.74, 6) is 0. The van der Waals surface area contributed by atoms with Gasteiger partial charge in [0, 0.05) is 18.8 Å². The molecule has 0 spiro atoms. The smallest absolute Gasteiger partial charge is 0.246 e. The molecule has 5 nitrogen and oxygen atoms in total. The fourth-order valence-electron chi connectivity index (χ4n) is 1.96. The van der Waals surface area contributed by atoms with Crippen LogP contribution in [0.1, 0.15) is 19.3 Å². The number of halogens is 1. The molecule has 2 rings (SSSR count). The van der Waals surface area contributed by atoms with E-state index in [1.54, 1.807) is 0 Å². The molecular weight excluding hydrogens is 276 g/mol. The standard InChI is InChI=1S/C11H15ClN2O3S/c12-11-10(5-2-6-13-11)18(16,17)14(7-8-15)9-3-1-4-9/h2,5-6,9,15H,1,3-4,7-8H2. The highest BCUT2D eigenvalue weighted by atomic mass is 35.5. The van der Waals surface area contributed by atoms with Crippen molar-refractivity contribution < 1.29 is 13.5 Å². The summed E-state index contributed by atoms with van der Waals surface area (Å²) in [6.07, 6.45) is 4.12. The Balaban J connectivity index is 2.36. The lowest BCUT2D eigenvalue weighted by Crippen LogP contribution is -2.45. The third kappa shape index (κ3) is 2.51. The van der Waals surface area contributed by atoms with Crippen LogP contribution in [0.5, 0.6) is 0 Å². The van der Waals surface area contributed by atoms with Gasteiger partial charge < -0.3 is 5.11 Å². The first-order valence-electron chi connectivity index (χ1n) is 5.80. The average molecular weight is 291 g/mol. The van der Waals surface area contributed by atoms with E-state index in [1.807, 2.05) is 0 Å². The van der Waals surface area contributed by atoms with E-state index < -0.39 is 10.0 Å². The summed E-state index contributed by atoms with van der Waals surface area (Å²) in [6, 6.07) is 2.95. The summed E-state index contributed by atoms with van der Waals surface area (Å²) < 4.78 is 26.3. The Hall–Kier alpha value is -0.690. The second-order valence-electron chi connectivity index (χ2n) is 4.22. The molecule has 1 aromatic heterocycles. The van der Waals surface area contributed by atoms with Crippen molar-refractivity contribution in [3.05, 3.63) is 23.5 Å². The number of rotatable bonds is 5. The van der Waals surface area contributed by atoms with Crippen LogP contribution in [0.15, 0.2) is 23.2 Å². The van der Waals surface area contributed by atoms with Gasteiger partial charge in [0.15, 0.2) is 0 Å². The Morgan fingerprint density at radius 1 is 1.50 bits per heavy atom. The van der Waals surface area contributed by atoms with Crippen molar-refractivity contribution in [2.45, 2.75) is 30.2 Å². The van der Waals surface area contributed by atoms with Crippen molar-refractivity contribution in [2.75, 3.05) is 13.2 Å². The first kappa shape index (κ1) is 13.7. The van der Waals surface area contributed by atoms with Crippen molar-refractivity contribution in [3.8, 4) is 0 Å². The molecule has 1 aliphatic carbocycles. The number of pyridine rings is 1. The highest BCUT2D eigenvalue weighted by molar-refractivity contribution is 7.89. The lowest BCUT2D eigenvalue weighted by atomic mass is 9.93. The highest BCUT2D eigenvalue weighted by Gasteiger charge is 2.35. The zero-order chi connectivity index (χ0) is 13.2. The van der Waals surface area contributed by atoms with Crippen molar-refractivity contribution >= 4 is 21.6 Å². The van der Waals surface area contributed by atoms with E-state index in [-0.39, 0.29) is 29.2 Å². The van der Waals surface area contributed by atoms with E-state index in [0.717, 1.165) is 19.3 Å². The molecule has 0 unspecified atom stereocenters. The van der Waals surface area contributed by atoms with Crippen LogP contribution in [0, 0.1) is 0 Å². The van der Waals surface area contributed by atoms with Crippen LogP contribution in [0.4, 0.5) is 0 Å². The van der Waals surface area contributed by atoms with Crippen LogP contribution in [0.25, 0.3) is 0 Å². The normalized spacial score (nSPS) is 16.8. The van der Waals surface area contributed by atoms with E-state index in [4.69, 9.17) is 16.7 Å². The molecule has 18 heavy (non-hydrogen) atoms. The zero-order valence-corrected chi connectivity index (χ0v) is 11.4. The zero-order valence-electron chi connectivity index (χ0n) is 9.79. The molecule has 1 N–H and O–H groups in total. The van der Waals surface area contributed by atoms with Crippen LogP contribution in [0.3, 0.4) is 0 Å². The predicted octanol–water partition coefficient (Wildman–Crippen LogP) is 1.27. The van der Waals surface area contributed by atoms with Gasteiger partial charge >= 0.3 is 0 Å². The lowest BCUT2D eigenvalue weighted by Gasteiger charge is -2.36. The van der Waals surface area contributed by atoms with Gasteiger partial charge in [0.25, 0.3) is 0 Å². The van der Waals surface area contributed by atoms with Crippen LogP contribution in [-0.4, -0.2) is 42.0 Å². The van der Waals surface area contributed by atoms with Crippen LogP contribution < -0.4 is 0 Å². The van der Waals surface area contributed by atoms with E-state index >= 15 is 0 Å². The SMILES string of the molecule is O=S(=O)(c1cccnc1Cl)N(CCO)C1CCC1. The van der Waals surface area contributed by atoms with Gasteiger partial charge in [-0.3, -0.25) is 0 Å². The molecule has 0 radical (unpaired) electrons. The largest absolute Gasteiger partial charge is 0.395 e. The third-order valence-corrected chi connectivity index (χ3v) is 5.51. The minimum atomic E-state index is -3.68. The van der Waals surface area contributed by atoms with E-state index in [2.05, 4.69) is 4.98 Å². The molecule has 7 heteroatoms. The van der Waals surface area contributed by atoms with Gasteiger partial charge in [-0.1, -0.05) is 18.0 Å². The molecule has 0 saturated heterocycles. The number of sulfonamides is 1. The maximum Gasteiger partial charge on any atom is 0.246 e. The van der Waals surface area contributed by atoms with Gasteiger partial charge in [-0.05, 0) is 25.0 Å². The number of hydrogen-bond acceptors (Lipinski definition) is 4. The van der Waals surface area contributed by atoms with Crippen molar-refractivity contribution in [1.82, 2.24) is 9.29 Å². The summed E-state index contributed by atoms with van der Waals surface area (Å²) in [5.41, 5.74) is 0. The van der Waals surface area contributed by atoms with Crippen molar-refractivity contribution in [2.24, 2.45) is 0 Å². The summed E-state index contributed by atoms with van der Waals surface area (Å²) in [6.45, 7) is -0.105. The van der Waals surface area contributed by atoms with Crippen LogP contribution in [-0.2, 0) is 10.0 Å². The first-order chi connectivity index (χ1) is 8.57. The lowest BCUT2D eigenvalue weighted by molar-refractivity contribution is 0.178. The average Bonchev–Trinajstić information content (AvgIpc) is 2.26. The van der Waals surface area contributed by atoms with Gasteiger partial charge in [0.05, 0.1) is 6.61 Å². The van der Waals surface area contributed by atoms with E-state index in [0.29, 0.717) is 0 Å².